The molecule has 3 nitrogen and oxygen atoms in total. The Kier molecular flexibility index (Phi) is 3.57. The Bertz CT molecular complexity index is 350. The number of hydrogen-bond donors (Lipinski definition) is 1. The molecule has 0 saturated carbocycles. The fraction of sp³-hybridized carbons (Fsp3) is 0.462. The lowest BCUT2D eigenvalue weighted by molar-refractivity contribution is -0.121. The summed E-state index contributed by atoms with van der Waals surface area (Å²) in [5.41, 5.74) is 6.65. The number of nitrogens with zero attached hydrogens (tertiary/aromatic N) is 1. The molecular weight excluding hydrogens is 200 g/mol. The van der Waals surface area contributed by atoms with Gasteiger partial charge in [-0.15, -0.1) is 0 Å². The van der Waals surface area contributed by atoms with E-state index in [2.05, 4.69) is 29.2 Å². The quantitative estimate of drug-likeness (QED) is 0.820. The van der Waals surface area contributed by atoms with Crippen LogP contribution in [0.2, 0.25) is 0 Å². The molecule has 3 heteroatoms. The smallest absolute Gasteiger partial charge is 0.221 e. The second-order valence-corrected chi connectivity index (χ2v) is 4.42. The normalized spacial score (nSPS) is 21.1. The lowest BCUT2D eigenvalue weighted by atomic mass is 10.1. The Hall–Kier alpha value is -1.35. The Morgan fingerprint density at radius 2 is 2.12 bits per heavy atom. The molecule has 0 spiro atoms. The van der Waals surface area contributed by atoms with Crippen molar-refractivity contribution in [1.82, 2.24) is 4.90 Å². The van der Waals surface area contributed by atoms with E-state index in [4.69, 9.17) is 5.73 Å². The third-order valence-electron chi connectivity index (χ3n) is 3.23. The first-order valence-electron chi connectivity index (χ1n) is 5.81. The summed E-state index contributed by atoms with van der Waals surface area (Å²) in [5.74, 6) is -0.0852. The lowest BCUT2D eigenvalue weighted by Gasteiger charge is -2.14. The third-order valence-corrected chi connectivity index (χ3v) is 3.23. The molecule has 86 valence electrons. The number of benzene rings is 1. The molecule has 0 radical (unpaired) electrons. The summed E-state index contributed by atoms with van der Waals surface area (Å²) < 4.78 is 0. The van der Waals surface area contributed by atoms with Gasteiger partial charge in [-0.2, -0.15) is 0 Å². The monoisotopic (exact) mass is 218 g/mol. The van der Waals surface area contributed by atoms with Crippen molar-refractivity contribution in [2.24, 2.45) is 11.7 Å². The van der Waals surface area contributed by atoms with Gasteiger partial charge in [-0.05, 0) is 24.9 Å². The van der Waals surface area contributed by atoms with E-state index in [1.165, 1.54) is 5.56 Å². The maximum Gasteiger partial charge on any atom is 0.221 e. The van der Waals surface area contributed by atoms with E-state index in [9.17, 15) is 4.79 Å². The van der Waals surface area contributed by atoms with Crippen molar-refractivity contribution in [3.63, 3.8) is 0 Å². The molecule has 1 unspecified atom stereocenters. The second-order valence-electron chi connectivity index (χ2n) is 4.42. The van der Waals surface area contributed by atoms with Gasteiger partial charge in [0, 0.05) is 13.1 Å². The van der Waals surface area contributed by atoms with Gasteiger partial charge in [0.2, 0.25) is 5.91 Å². The van der Waals surface area contributed by atoms with E-state index in [0.717, 1.165) is 32.5 Å². The minimum absolute atomic E-state index is 0.0655. The van der Waals surface area contributed by atoms with Crippen LogP contribution < -0.4 is 5.73 Å². The Labute approximate surface area is 96.2 Å². The molecular formula is C13H18N2O. The first-order valence-corrected chi connectivity index (χ1v) is 5.81. The van der Waals surface area contributed by atoms with Crippen molar-refractivity contribution in [2.75, 3.05) is 19.6 Å². The zero-order valence-corrected chi connectivity index (χ0v) is 9.43. The van der Waals surface area contributed by atoms with Gasteiger partial charge in [-0.1, -0.05) is 30.3 Å². The lowest BCUT2D eigenvalue weighted by Crippen LogP contribution is -2.28. The molecule has 2 rings (SSSR count). The molecule has 0 bridgehead atoms. The maximum atomic E-state index is 11.0. The molecule has 1 atom stereocenters. The molecule has 1 heterocycles. The number of rotatable bonds is 4. The van der Waals surface area contributed by atoms with Gasteiger partial charge in [-0.3, -0.25) is 4.79 Å². The molecule has 0 aliphatic carbocycles. The zero-order valence-electron chi connectivity index (χ0n) is 9.43. The zero-order chi connectivity index (χ0) is 11.4. The molecule has 1 amide bonds. The molecule has 1 fully saturated rings. The predicted octanol–water partition coefficient (Wildman–Crippen LogP) is 1.04. The van der Waals surface area contributed by atoms with Crippen LogP contribution in [-0.4, -0.2) is 30.4 Å². The molecule has 0 aromatic heterocycles. The van der Waals surface area contributed by atoms with Crippen molar-refractivity contribution in [2.45, 2.75) is 12.8 Å². The number of carbonyl (C=O) groups excluding carboxylic acids is 1. The number of amides is 1. The minimum Gasteiger partial charge on any atom is -0.369 e. The molecule has 1 saturated heterocycles. The van der Waals surface area contributed by atoms with Crippen LogP contribution >= 0.6 is 0 Å². The third kappa shape index (κ3) is 2.83. The average Bonchev–Trinajstić information content (AvgIpc) is 2.76. The fourth-order valence-corrected chi connectivity index (χ4v) is 2.20. The fourth-order valence-electron chi connectivity index (χ4n) is 2.20. The highest BCUT2D eigenvalue weighted by Crippen LogP contribution is 2.15. The maximum absolute atomic E-state index is 11.0. The number of nitrogens with two attached hydrogens (primary N) is 1. The van der Waals surface area contributed by atoms with E-state index in [-0.39, 0.29) is 11.8 Å². The molecule has 1 aliphatic heterocycles. The summed E-state index contributed by atoms with van der Waals surface area (Å²) in [6, 6.07) is 10.4. The predicted molar refractivity (Wildman–Crippen MR) is 63.9 cm³/mol. The summed E-state index contributed by atoms with van der Waals surface area (Å²) in [5, 5.41) is 0. The van der Waals surface area contributed by atoms with Crippen LogP contribution in [0.3, 0.4) is 0 Å². The van der Waals surface area contributed by atoms with Gasteiger partial charge in [0.25, 0.3) is 0 Å². The van der Waals surface area contributed by atoms with Crippen molar-refractivity contribution < 1.29 is 4.79 Å². The summed E-state index contributed by atoms with van der Waals surface area (Å²) >= 11 is 0. The Morgan fingerprint density at radius 1 is 1.38 bits per heavy atom. The Morgan fingerprint density at radius 3 is 2.75 bits per heavy atom. The van der Waals surface area contributed by atoms with Crippen LogP contribution in [0, 0.1) is 5.92 Å². The van der Waals surface area contributed by atoms with Crippen LogP contribution in [0.4, 0.5) is 0 Å². The molecule has 2 N–H and O–H groups in total. The SMILES string of the molecule is NC(=O)C1CCN(CCc2ccccc2)C1. The molecule has 1 aliphatic rings. The number of carbonyl (C=O) groups is 1. The highest BCUT2D eigenvalue weighted by Gasteiger charge is 2.25. The standard InChI is InChI=1S/C13H18N2O/c14-13(16)12-7-9-15(10-12)8-6-11-4-2-1-3-5-11/h1-5,12H,6-10H2,(H2,14,16). The van der Waals surface area contributed by atoms with Crippen LogP contribution in [0.15, 0.2) is 30.3 Å². The van der Waals surface area contributed by atoms with E-state index in [1.54, 1.807) is 0 Å². The van der Waals surface area contributed by atoms with E-state index in [0.29, 0.717) is 0 Å². The Balaban J connectivity index is 1.78. The average molecular weight is 218 g/mol. The first kappa shape index (κ1) is 11.1. The van der Waals surface area contributed by atoms with Crippen molar-refractivity contribution in [3.8, 4) is 0 Å². The van der Waals surface area contributed by atoms with Gasteiger partial charge in [-0.25, -0.2) is 0 Å². The number of hydrogen-bond acceptors (Lipinski definition) is 2. The highest BCUT2D eigenvalue weighted by molar-refractivity contribution is 5.77. The molecule has 1 aromatic carbocycles. The van der Waals surface area contributed by atoms with Crippen LogP contribution in [0.1, 0.15) is 12.0 Å². The van der Waals surface area contributed by atoms with E-state index < -0.39 is 0 Å². The molecule has 1 aromatic rings. The van der Waals surface area contributed by atoms with Crippen LogP contribution in [0.25, 0.3) is 0 Å². The van der Waals surface area contributed by atoms with Gasteiger partial charge in [0.05, 0.1) is 5.92 Å². The summed E-state index contributed by atoms with van der Waals surface area (Å²) in [4.78, 5) is 13.3. The van der Waals surface area contributed by atoms with Gasteiger partial charge in [0.15, 0.2) is 0 Å². The summed E-state index contributed by atoms with van der Waals surface area (Å²) in [6.07, 6.45) is 1.97. The molecule has 16 heavy (non-hydrogen) atoms. The first-order chi connectivity index (χ1) is 7.75. The summed E-state index contributed by atoms with van der Waals surface area (Å²) in [7, 11) is 0. The van der Waals surface area contributed by atoms with Crippen LogP contribution in [0.5, 0.6) is 0 Å². The van der Waals surface area contributed by atoms with E-state index >= 15 is 0 Å². The highest BCUT2D eigenvalue weighted by atomic mass is 16.1. The number of primary amides is 1. The van der Waals surface area contributed by atoms with Crippen molar-refractivity contribution >= 4 is 5.91 Å². The summed E-state index contributed by atoms with van der Waals surface area (Å²) in [6.45, 7) is 2.86. The number of likely N-dealkylation sites (tertiary alicyclic amines) is 1. The van der Waals surface area contributed by atoms with Crippen LogP contribution in [-0.2, 0) is 11.2 Å². The van der Waals surface area contributed by atoms with Gasteiger partial charge >= 0.3 is 0 Å². The largest absolute Gasteiger partial charge is 0.369 e. The van der Waals surface area contributed by atoms with Crippen molar-refractivity contribution in [1.29, 1.82) is 0 Å². The van der Waals surface area contributed by atoms with Crippen molar-refractivity contribution in [3.05, 3.63) is 35.9 Å². The topological polar surface area (TPSA) is 46.3 Å². The van der Waals surface area contributed by atoms with Gasteiger partial charge in [0.1, 0.15) is 0 Å². The minimum atomic E-state index is -0.151. The second kappa shape index (κ2) is 5.12. The van der Waals surface area contributed by atoms with Gasteiger partial charge < -0.3 is 10.6 Å². The van der Waals surface area contributed by atoms with E-state index in [1.807, 2.05) is 6.07 Å².